The molecule has 0 fully saturated rings. The third kappa shape index (κ3) is 47.3. The summed E-state index contributed by atoms with van der Waals surface area (Å²) < 4.78 is 53.0. The first-order valence-electron chi connectivity index (χ1n) is 25.4. The van der Waals surface area contributed by atoms with E-state index in [4.69, 9.17) is 14.0 Å². The van der Waals surface area contributed by atoms with Gasteiger partial charge in [0.15, 0.2) is 0 Å². The average molecular weight is 983 g/mol. The Morgan fingerprint density at radius 2 is 0.697 bits per heavy atom. The fourth-order valence-electron chi connectivity index (χ4n) is 6.74. The lowest BCUT2D eigenvalue weighted by Gasteiger charge is -2.19. The number of aliphatic hydroxyl groups is 3. The highest BCUT2D eigenvalue weighted by molar-refractivity contribution is 7.47. The van der Waals surface area contributed by atoms with Crippen molar-refractivity contribution in [2.45, 2.75) is 225 Å². The van der Waals surface area contributed by atoms with E-state index in [0.717, 1.165) is 57.8 Å². The van der Waals surface area contributed by atoms with Gasteiger partial charge in [-0.2, -0.15) is 0 Å². The van der Waals surface area contributed by atoms with Gasteiger partial charge in [0, 0.05) is 12.8 Å². The van der Waals surface area contributed by atoms with Crippen LogP contribution in [0.1, 0.15) is 206 Å². The van der Waals surface area contributed by atoms with Crippen LogP contribution in [0.3, 0.4) is 0 Å². The van der Waals surface area contributed by atoms with Crippen LogP contribution in [-0.2, 0) is 46.3 Å². The van der Waals surface area contributed by atoms with Gasteiger partial charge >= 0.3 is 27.6 Å². The Hall–Kier alpha value is -1.74. The maximum atomic E-state index is 12.2. The topological polar surface area (TPSA) is 225 Å². The summed E-state index contributed by atoms with van der Waals surface area (Å²) in [5, 5.41) is 30.0. The zero-order valence-corrected chi connectivity index (χ0v) is 42.7. The van der Waals surface area contributed by atoms with Gasteiger partial charge in [0.05, 0.1) is 26.4 Å². The number of carbonyl (C=O) groups excluding carboxylic acids is 2. The van der Waals surface area contributed by atoms with Crippen molar-refractivity contribution in [2.24, 2.45) is 0 Å². The quantitative estimate of drug-likeness (QED) is 0.0165. The molecule has 0 spiro atoms. The van der Waals surface area contributed by atoms with Gasteiger partial charge in [0.2, 0.25) is 0 Å². The molecule has 0 aliphatic rings. The number of rotatable bonds is 49. The molecule has 0 aliphatic heterocycles. The summed E-state index contributed by atoms with van der Waals surface area (Å²) in [6.07, 6.45) is 41.4. The summed E-state index contributed by atoms with van der Waals surface area (Å²) in [5.74, 6) is -1.01. The Labute approximate surface area is 398 Å². The molecule has 66 heavy (non-hydrogen) atoms. The predicted octanol–water partition coefficient (Wildman–Crippen LogP) is 11.8. The first-order valence-corrected chi connectivity index (χ1v) is 28.4. The molecule has 0 saturated heterocycles. The molecule has 388 valence electrons. The van der Waals surface area contributed by atoms with Gasteiger partial charge in [-0.15, -0.1) is 0 Å². The van der Waals surface area contributed by atoms with E-state index in [-0.39, 0.29) is 12.8 Å². The molecule has 0 aromatic rings. The van der Waals surface area contributed by atoms with E-state index in [1.54, 1.807) is 0 Å². The van der Waals surface area contributed by atoms with E-state index in [9.17, 15) is 43.8 Å². The molecule has 0 saturated carbocycles. The molecule has 5 N–H and O–H groups in total. The molecule has 0 heterocycles. The number of allylic oxidation sites excluding steroid dienone is 6. The molecule has 0 amide bonds. The van der Waals surface area contributed by atoms with E-state index in [2.05, 4.69) is 39.6 Å². The molecule has 0 aromatic heterocycles. The third-order valence-corrected chi connectivity index (χ3v) is 12.6. The third-order valence-electron chi connectivity index (χ3n) is 10.7. The van der Waals surface area contributed by atoms with Crippen molar-refractivity contribution in [3.63, 3.8) is 0 Å². The fourth-order valence-corrected chi connectivity index (χ4v) is 8.33. The summed E-state index contributed by atoms with van der Waals surface area (Å²) >= 11 is 0. The zero-order valence-electron chi connectivity index (χ0n) is 40.9. The number of unbranched alkanes of at least 4 members (excludes halogenated alkanes) is 25. The molecule has 0 bridgehead atoms. The zero-order chi connectivity index (χ0) is 48.8. The Balaban J connectivity index is 3.83. The van der Waals surface area contributed by atoms with Gasteiger partial charge in [-0.25, -0.2) is 9.13 Å². The van der Waals surface area contributed by atoms with E-state index in [0.29, 0.717) is 12.8 Å². The summed E-state index contributed by atoms with van der Waals surface area (Å²) in [4.78, 5) is 43.8. The highest BCUT2D eigenvalue weighted by Crippen LogP contribution is 2.45. The van der Waals surface area contributed by atoms with Crippen LogP contribution in [0.2, 0.25) is 0 Å². The Bertz CT molecular complexity index is 1330. The van der Waals surface area contributed by atoms with Crippen molar-refractivity contribution >= 4 is 27.6 Å². The van der Waals surface area contributed by atoms with Gasteiger partial charge in [0.1, 0.15) is 31.5 Å². The Kier molecular flexibility index (Phi) is 44.5. The second-order valence-corrected chi connectivity index (χ2v) is 20.1. The number of hydrogen-bond donors (Lipinski definition) is 5. The molecular formula is C49H92O15P2. The van der Waals surface area contributed by atoms with Gasteiger partial charge in [-0.05, 0) is 32.1 Å². The normalized spacial score (nSPS) is 15.3. The molecule has 0 aromatic carbocycles. The van der Waals surface area contributed by atoms with Crippen molar-refractivity contribution in [3.05, 3.63) is 36.5 Å². The van der Waals surface area contributed by atoms with Gasteiger partial charge in [-0.3, -0.25) is 27.7 Å². The minimum Gasteiger partial charge on any atom is -0.463 e. The SMILES string of the molecule is CC/C=C/C=C/C=C\CCCCCCCC(=O)OCC(O)COP(=O)(O)OCC(O)COP(=O)(O)OCC(O)COC(=O)CCCCCCCCCCCCCCCCCCCCCCC. The highest BCUT2D eigenvalue weighted by Gasteiger charge is 2.28. The van der Waals surface area contributed by atoms with Gasteiger partial charge < -0.3 is 34.6 Å². The second-order valence-electron chi connectivity index (χ2n) is 17.2. The van der Waals surface area contributed by atoms with Crippen LogP contribution >= 0.6 is 15.6 Å². The lowest BCUT2D eigenvalue weighted by molar-refractivity contribution is -0.148. The minimum absolute atomic E-state index is 0.173. The number of aliphatic hydroxyl groups excluding tert-OH is 3. The van der Waals surface area contributed by atoms with Crippen LogP contribution in [0.25, 0.3) is 0 Å². The van der Waals surface area contributed by atoms with Gasteiger partial charge in [-0.1, -0.05) is 198 Å². The summed E-state index contributed by atoms with van der Waals surface area (Å²) in [6, 6.07) is 0. The monoisotopic (exact) mass is 983 g/mol. The Morgan fingerprint density at radius 3 is 1.03 bits per heavy atom. The largest absolute Gasteiger partial charge is 0.472 e. The van der Waals surface area contributed by atoms with Crippen LogP contribution in [0, 0.1) is 0 Å². The number of ether oxygens (including phenoxy) is 2. The van der Waals surface area contributed by atoms with E-state index >= 15 is 0 Å². The average Bonchev–Trinajstić information content (AvgIpc) is 3.29. The summed E-state index contributed by atoms with van der Waals surface area (Å²) in [7, 11) is -9.57. The van der Waals surface area contributed by atoms with E-state index in [1.807, 2.05) is 24.3 Å². The van der Waals surface area contributed by atoms with Crippen LogP contribution in [0.5, 0.6) is 0 Å². The maximum Gasteiger partial charge on any atom is 0.472 e. The van der Waals surface area contributed by atoms with Crippen LogP contribution in [0.4, 0.5) is 0 Å². The number of phosphoric ester groups is 2. The molecule has 0 aliphatic carbocycles. The number of carbonyl (C=O) groups is 2. The molecule has 0 radical (unpaired) electrons. The van der Waals surface area contributed by atoms with Crippen molar-refractivity contribution in [1.29, 1.82) is 0 Å². The predicted molar refractivity (Wildman–Crippen MR) is 261 cm³/mol. The molecule has 5 unspecified atom stereocenters. The Morgan fingerprint density at radius 1 is 0.409 bits per heavy atom. The number of esters is 2. The maximum absolute atomic E-state index is 12.2. The van der Waals surface area contributed by atoms with E-state index in [1.165, 1.54) is 109 Å². The highest BCUT2D eigenvalue weighted by atomic mass is 31.2. The van der Waals surface area contributed by atoms with Crippen LogP contribution in [-0.4, -0.2) is 95.0 Å². The molecule has 5 atom stereocenters. The van der Waals surface area contributed by atoms with E-state index < -0.39 is 85.5 Å². The molecule has 15 nitrogen and oxygen atoms in total. The molecular weight excluding hydrogens is 890 g/mol. The fraction of sp³-hybridized carbons (Fsp3) is 0.837. The number of hydrogen-bond acceptors (Lipinski definition) is 13. The molecule has 17 heteroatoms. The second kappa shape index (κ2) is 45.7. The van der Waals surface area contributed by atoms with Crippen LogP contribution in [0.15, 0.2) is 36.5 Å². The minimum atomic E-state index is -4.79. The van der Waals surface area contributed by atoms with Crippen molar-refractivity contribution < 1.29 is 71.4 Å². The summed E-state index contributed by atoms with van der Waals surface area (Å²) in [5.41, 5.74) is 0. The summed E-state index contributed by atoms with van der Waals surface area (Å²) in [6.45, 7) is 0.290. The lowest BCUT2D eigenvalue weighted by atomic mass is 10.0. The van der Waals surface area contributed by atoms with Crippen molar-refractivity contribution in [1.82, 2.24) is 0 Å². The first-order chi connectivity index (χ1) is 31.8. The van der Waals surface area contributed by atoms with Crippen molar-refractivity contribution in [3.8, 4) is 0 Å². The smallest absolute Gasteiger partial charge is 0.463 e. The van der Waals surface area contributed by atoms with Crippen LogP contribution < -0.4 is 0 Å². The lowest BCUT2D eigenvalue weighted by Crippen LogP contribution is -2.25. The standard InChI is InChI=1S/C49H92O15P2/c1-3-5-7-9-11-13-15-17-18-19-20-21-22-23-24-26-28-30-32-34-36-38-49(54)60-40-46(51)42-62-66(57,58)64-44-47(52)43-63-65(55,56)61-41-45(50)39-59-48(53)37-35-33-31-29-27-25-16-14-12-10-8-6-4-2/h6,8,10,12,14,16,45-47,50-52H,3-5,7,9,11,13,15,17-44H2,1-2H3,(H,55,56)(H,57,58)/b8-6+,12-10+,16-14-. The van der Waals surface area contributed by atoms with Crippen molar-refractivity contribution in [2.75, 3.05) is 39.6 Å². The van der Waals surface area contributed by atoms with Gasteiger partial charge in [0.25, 0.3) is 0 Å². The first kappa shape index (κ1) is 64.3. The molecule has 0 rings (SSSR count). The number of phosphoric acid groups is 2.